The molecular formula is C26H35BrN2O2S. The smallest absolute Gasteiger partial charge is 0.407 e. The van der Waals surface area contributed by atoms with Crippen molar-refractivity contribution in [2.45, 2.75) is 65.2 Å². The van der Waals surface area contributed by atoms with E-state index in [0.29, 0.717) is 13.0 Å². The first-order valence-corrected chi connectivity index (χ1v) is 12.5. The Morgan fingerprint density at radius 1 is 1.03 bits per heavy atom. The summed E-state index contributed by atoms with van der Waals surface area (Å²) in [6.45, 7) is 13.2. The largest absolute Gasteiger partial charge is 0.465 e. The highest BCUT2D eigenvalue weighted by Gasteiger charge is 2.29. The summed E-state index contributed by atoms with van der Waals surface area (Å²) in [5.41, 5.74) is 2.93. The van der Waals surface area contributed by atoms with Crippen molar-refractivity contribution in [2.75, 3.05) is 6.54 Å². The Bertz CT molecular complexity index is 900. The lowest BCUT2D eigenvalue weighted by atomic mass is 9.84. The van der Waals surface area contributed by atoms with Gasteiger partial charge >= 0.3 is 6.09 Å². The van der Waals surface area contributed by atoms with Crippen LogP contribution in [0.1, 0.15) is 71.6 Å². The Kier molecular flexibility index (Phi) is 9.40. The van der Waals surface area contributed by atoms with Crippen LogP contribution in [0.2, 0.25) is 0 Å². The van der Waals surface area contributed by atoms with Gasteiger partial charge in [0.15, 0.2) is 0 Å². The SMILES string of the molecule is CC(C)(C)C[C@@H](c1ccc(Br)cc1)N(CCC(=NSC(C)(C)C)c1ccccc1)C(=O)O. The monoisotopic (exact) mass is 518 g/mol. The van der Waals surface area contributed by atoms with E-state index in [1.807, 2.05) is 54.6 Å². The van der Waals surface area contributed by atoms with Crippen molar-refractivity contribution < 1.29 is 9.90 Å². The number of carbonyl (C=O) groups is 1. The summed E-state index contributed by atoms with van der Waals surface area (Å²) in [6, 6.07) is 17.8. The lowest BCUT2D eigenvalue weighted by molar-refractivity contribution is 0.110. The molecule has 0 aliphatic rings. The van der Waals surface area contributed by atoms with E-state index < -0.39 is 6.09 Å². The molecule has 6 heteroatoms. The number of rotatable bonds is 8. The van der Waals surface area contributed by atoms with Crippen molar-refractivity contribution in [3.63, 3.8) is 0 Å². The number of halogens is 1. The normalized spacial score (nSPS) is 13.7. The summed E-state index contributed by atoms with van der Waals surface area (Å²) < 4.78 is 5.79. The maximum absolute atomic E-state index is 12.4. The minimum atomic E-state index is -0.905. The zero-order chi connectivity index (χ0) is 23.9. The molecule has 2 aromatic carbocycles. The number of hydrogen-bond acceptors (Lipinski definition) is 3. The maximum Gasteiger partial charge on any atom is 0.407 e. The summed E-state index contributed by atoms with van der Waals surface area (Å²) >= 11 is 5.01. The molecule has 0 aliphatic heterocycles. The molecule has 2 aromatic rings. The zero-order valence-electron chi connectivity index (χ0n) is 19.9. The van der Waals surface area contributed by atoms with Gasteiger partial charge < -0.3 is 10.0 Å². The first-order valence-electron chi connectivity index (χ1n) is 10.9. The fourth-order valence-electron chi connectivity index (χ4n) is 3.35. The fourth-order valence-corrected chi connectivity index (χ4v) is 4.19. The van der Waals surface area contributed by atoms with E-state index in [-0.39, 0.29) is 16.2 Å². The van der Waals surface area contributed by atoms with Crippen LogP contribution in [0, 0.1) is 5.41 Å². The van der Waals surface area contributed by atoms with E-state index in [0.717, 1.165) is 27.7 Å². The molecule has 4 nitrogen and oxygen atoms in total. The average Bonchev–Trinajstić information content (AvgIpc) is 2.69. The van der Waals surface area contributed by atoms with Crippen LogP contribution in [-0.4, -0.2) is 33.1 Å². The third kappa shape index (κ3) is 8.99. The zero-order valence-corrected chi connectivity index (χ0v) is 22.3. The van der Waals surface area contributed by atoms with Gasteiger partial charge in [-0.15, -0.1) is 0 Å². The number of benzene rings is 2. The minimum absolute atomic E-state index is 0.0152. The second-order valence-electron chi connectivity index (χ2n) is 10.2. The Morgan fingerprint density at radius 3 is 2.12 bits per heavy atom. The predicted octanol–water partition coefficient (Wildman–Crippen LogP) is 8.23. The topological polar surface area (TPSA) is 52.9 Å². The molecule has 0 saturated carbocycles. The van der Waals surface area contributed by atoms with Gasteiger partial charge in [0.2, 0.25) is 0 Å². The highest BCUT2D eigenvalue weighted by Crippen LogP contribution is 2.35. The van der Waals surface area contributed by atoms with Crippen molar-refractivity contribution in [2.24, 2.45) is 9.81 Å². The van der Waals surface area contributed by atoms with Gasteiger partial charge in [-0.3, -0.25) is 0 Å². The van der Waals surface area contributed by atoms with Gasteiger partial charge in [-0.25, -0.2) is 9.19 Å². The van der Waals surface area contributed by atoms with Gasteiger partial charge in [-0.2, -0.15) is 0 Å². The van der Waals surface area contributed by atoms with Crippen LogP contribution < -0.4 is 0 Å². The quantitative estimate of drug-likeness (QED) is 0.282. The van der Waals surface area contributed by atoms with Crippen LogP contribution in [0.3, 0.4) is 0 Å². The first kappa shape index (κ1) is 26.5. The highest BCUT2D eigenvalue weighted by atomic mass is 79.9. The molecule has 0 heterocycles. The average molecular weight is 520 g/mol. The number of carboxylic acid groups (broad SMARTS) is 1. The molecule has 0 unspecified atom stereocenters. The molecule has 1 N–H and O–H groups in total. The summed E-state index contributed by atoms with van der Waals surface area (Å²) in [4.78, 5) is 14.0. The Balaban J connectivity index is 2.35. The second-order valence-corrected chi connectivity index (χ2v) is 12.7. The van der Waals surface area contributed by atoms with E-state index >= 15 is 0 Å². The standard InChI is InChI=1S/C26H35BrN2O2S/c1-25(2,3)18-23(20-12-14-21(27)15-13-20)29(24(30)31)17-16-22(28-32-26(4,5)6)19-10-8-7-9-11-19/h7-15,23H,16-18H2,1-6H3,(H,30,31)/t23-/m0/s1. The Labute approximate surface area is 205 Å². The van der Waals surface area contributed by atoms with E-state index in [9.17, 15) is 9.90 Å². The van der Waals surface area contributed by atoms with Crippen LogP contribution in [0.25, 0.3) is 0 Å². The van der Waals surface area contributed by atoms with Gasteiger partial charge in [0.25, 0.3) is 0 Å². The van der Waals surface area contributed by atoms with E-state index in [1.54, 1.807) is 4.90 Å². The van der Waals surface area contributed by atoms with Crippen LogP contribution in [-0.2, 0) is 0 Å². The molecule has 32 heavy (non-hydrogen) atoms. The molecule has 0 bridgehead atoms. The van der Waals surface area contributed by atoms with Crippen molar-refractivity contribution in [3.05, 3.63) is 70.2 Å². The van der Waals surface area contributed by atoms with Crippen molar-refractivity contribution in [1.29, 1.82) is 0 Å². The minimum Gasteiger partial charge on any atom is -0.465 e. The Hall–Kier alpha value is -1.79. The molecule has 1 amide bonds. The lowest BCUT2D eigenvalue weighted by Crippen LogP contribution is -2.37. The predicted molar refractivity (Wildman–Crippen MR) is 141 cm³/mol. The summed E-state index contributed by atoms with van der Waals surface area (Å²) in [7, 11) is 0. The summed E-state index contributed by atoms with van der Waals surface area (Å²) in [5, 5.41) is 10.2. The Morgan fingerprint density at radius 2 is 1.62 bits per heavy atom. The first-order chi connectivity index (χ1) is 14.9. The van der Waals surface area contributed by atoms with Crippen molar-refractivity contribution >= 4 is 39.7 Å². The molecule has 0 aromatic heterocycles. The van der Waals surface area contributed by atoms with Crippen molar-refractivity contribution in [3.8, 4) is 0 Å². The number of hydrogen-bond donors (Lipinski definition) is 1. The summed E-state index contributed by atoms with van der Waals surface area (Å²) in [6.07, 6.45) is 0.379. The molecule has 2 rings (SSSR count). The lowest BCUT2D eigenvalue weighted by Gasteiger charge is -2.34. The van der Waals surface area contributed by atoms with E-state index in [4.69, 9.17) is 4.40 Å². The van der Waals surface area contributed by atoms with Crippen LogP contribution in [0.5, 0.6) is 0 Å². The second kappa shape index (κ2) is 11.4. The summed E-state index contributed by atoms with van der Waals surface area (Å²) in [5.74, 6) is 0. The van der Waals surface area contributed by atoms with E-state index in [2.05, 4.69) is 57.5 Å². The number of amides is 1. The van der Waals surface area contributed by atoms with Gasteiger partial charge in [0.1, 0.15) is 0 Å². The fraction of sp³-hybridized carbons (Fsp3) is 0.462. The molecule has 0 radical (unpaired) electrons. The molecule has 1 atom stereocenters. The van der Waals surface area contributed by atoms with Crippen molar-refractivity contribution in [1.82, 2.24) is 4.90 Å². The molecule has 0 aliphatic carbocycles. The molecule has 0 saturated heterocycles. The van der Waals surface area contributed by atoms with Gasteiger partial charge in [-0.05, 0) is 67.8 Å². The van der Waals surface area contributed by atoms with E-state index in [1.165, 1.54) is 11.9 Å². The molecular weight excluding hydrogens is 484 g/mol. The van der Waals surface area contributed by atoms with Crippen LogP contribution >= 0.6 is 27.9 Å². The van der Waals surface area contributed by atoms with Gasteiger partial charge in [-0.1, -0.05) is 79.2 Å². The van der Waals surface area contributed by atoms with Crippen LogP contribution in [0.4, 0.5) is 4.79 Å². The number of nitrogens with zero attached hydrogens (tertiary/aromatic N) is 2. The van der Waals surface area contributed by atoms with Gasteiger partial charge in [0.05, 0.1) is 11.8 Å². The molecule has 0 fully saturated rings. The van der Waals surface area contributed by atoms with Gasteiger partial charge in [0, 0.05) is 22.2 Å². The molecule has 0 spiro atoms. The maximum atomic E-state index is 12.4. The van der Waals surface area contributed by atoms with Crippen LogP contribution in [0.15, 0.2) is 63.5 Å². The third-order valence-corrected chi connectivity index (χ3v) is 6.20. The third-order valence-electron chi connectivity index (χ3n) is 4.81. The molecule has 174 valence electrons. The highest BCUT2D eigenvalue weighted by molar-refractivity contribution is 9.10.